The van der Waals surface area contributed by atoms with Crippen molar-refractivity contribution in [2.45, 2.75) is 4.21 Å². The van der Waals surface area contributed by atoms with Crippen LogP contribution in [0.5, 0.6) is 0 Å². The van der Waals surface area contributed by atoms with Gasteiger partial charge in [-0.1, -0.05) is 11.3 Å². The minimum Gasteiger partial charge on any atom is -0.396 e. The molecule has 0 radical (unpaired) electrons. The summed E-state index contributed by atoms with van der Waals surface area (Å²) >= 11 is 4.42. The van der Waals surface area contributed by atoms with Gasteiger partial charge in [-0.25, -0.2) is 0 Å². The molecule has 0 aliphatic rings. The summed E-state index contributed by atoms with van der Waals surface area (Å²) in [6.07, 6.45) is 3.83. The van der Waals surface area contributed by atoms with E-state index in [1.54, 1.807) is 29.2 Å². The number of hydrogen-bond acceptors (Lipinski definition) is 6. The van der Waals surface area contributed by atoms with Crippen LogP contribution in [0.25, 0.3) is 12.2 Å². The molecule has 4 nitrogen and oxygen atoms in total. The second-order valence-electron chi connectivity index (χ2n) is 3.50. The third kappa shape index (κ3) is 4.17. The van der Waals surface area contributed by atoms with Crippen molar-refractivity contribution >= 4 is 51.6 Å². The predicted molar refractivity (Wildman–Crippen MR) is 82.0 cm³/mol. The Morgan fingerprint density at radius 3 is 2.53 bits per heavy atom. The maximum Gasteiger partial charge on any atom is 0.324 e. The van der Waals surface area contributed by atoms with Crippen LogP contribution >= 0.6 is 34.4 Å². The molecule has 2 rings (SSSR count). The summed E-state index contributed by atoms with van der Waals surface area (Å²) in [7, 11) is 0. The average molecular weight is 313 g/mol. The Labute approximate surface area is 122 Å². The van der Waals surface area contributed by atoms with Gasteiger partial charge < -0.3 is 5.11 Å². The van der Waals surface area contributed by atoms with Crippen LogP contribution in [0, 0.1) is 10.1 Å². The fourth-order valence-corrected chi connectivity index (χ4v) is 3.94. The first-order chi connectivity index (χ1) is 9.19. The average Bonchev–Trinajstić information content (AvgIpc) is 3.03. The number of hydrogen-bond donors (Lipinski definition) is 1. The lowest BCUT2D eigenvalue weighted by atomic mass is 10.3. The van der Waals surface area contributed by atoms with Crippen LogP contribution in [-0.2, 0) is 0 Å². The van der Waals surface area contributed by atoms with Gasteiger partial charge >= 0.3 is 5.00 Å². The predicted octanol–water partition coefficient (Wildman–Crippen LogP) is 3.97. The number of nitro groups is 1. The molecule has 19 heavy (non-hydrogen) atoms. The van der Waals surface area contributed by atoms with Crippen LogP contribution in [0.3, 0.4) is 0 Å². The van der Waals surface area contributed by atoms with E-state index in [0.29, 0.717) is 5.75 Å². The number of aliphatic hydroxyl groups is 1. The van der Waals surface area contributed by atoms with Crippen LogP contribution < -0.4 is 0 Å². The van der Waals surface area contributed by atoms with Gasteiger partial charge in [0.15, 0.2) is 0 Å². The zero-order chi connectivity index (χ0) is 13.7. The molecule has 0 bridgehead atoms. The van der Waals surface area contributed by atoms with Crippen molar-refractivity contribution in [3.8, 4) is 0 Å². The van der Waals surface area contributed by atoms with E-state index >= 15 is 0 Å². The van der Waals surface area contributed by atoms with Crippen LogP contribution in [0.15, 0.2) is 28.5 Å². The normalized spacial score (nSPS) is 11.2. The van der Waals surface area contributed by atoms with E-state index in [-0.39, 0.29) is 16.5 Å². The molecular formula is C12H11NO3S3. The Kier molecular flexibility index (Phi) is 5.15. The molecule has 0 unspecified atom stereocenters. The number of aliphatic hydroxyl groups excluding tert-OH is 1. The molecule has 0 atom stereocenters. The summed E-state index contributed by atoms with van der Waals surface area (Å²) in [6.45, 7) is 0.173. The molecule has 7 heteroatoms. The molecule has 0 aromatic carbocycles. The second-order valence-corrected chi connectivity index (χ2v) is 7.10. The summed E-state index contributed by atoms with van der Waals surface area (Å²) in [4.78, 5) is 12.1. The minimum absolute atomic E-state index is 0.157. The van der Waals surface area contributed by atoms with Crippen molar-refractivity contribution in [2.75, 3.05) is 12.4 Å². The lowest BCUT2D eigenvalue weighted by molar-refractivity contribution is -0.380. The first-order valence-corrected chi connectivity index (χ1v) is 8.06. The Morgan fingerprint density at radius 2 is 1.89 bits per heavy atom. The van der Waals surface area contributed by atoms with E-state index in [1.165, 1.54) is 6.07 Å². The third-order valence-electron chi connectivity index (χ3n) is 2.14. The zero-order valence-electron chi connectivity index (χ0n) is 9.81. The van der Waals surface area contributed by atoms with Crippen LogP contribution in [0.1, 0.15) is 9.75 Å². The lowest BCUT2D eigenvalue weighted by Gasteiger charge is -1.91. The molecule has 1 N–H and O–H groups in total. The Bertz CT molecular complexity index is 589. The van der Waals surface area contributed by atoms with Crippen molar-refractivity contribution in [1.82, 2.24) is 0 Å². The third-order valence-corrected chi connectivity index (χ3v) is 5.40. The molecule has 0 saturated heterocycles. The number of thioether (sulfide) groups is 1. The highest BCUT2D eigenvalue weighted by atomic mass is 32.2. The number of thiophene rings is 2. The molecule has 0 fully saturated rings. The van der Waals surface area contributed by atoms with Gasteiger partial charge in [0.2, 0.25) is 0 Å². The molecular weight excluding hydrogens is 302 g/mol. The van der Waals surface area contributed by atoms with Crippen molar-refractivity contribution < 1.29 is 10.0 Å². The highest BCUT2D eigenvalue weighted by Crippen LogP contribution is 2.29. The van der Waals surface area contributed by atoms with E-state index in [4.69, 9.17) is 5.11 Å². The fraction of sp³-hybridized carbons (Fsp3) is 0.167. The van der Waals surface area contributed by atoms with Gasteiger partial charge in [-0.3, -0.25) is 10.1 Å². The smallest absolute Gasteiger partial charge is 0.324 e. The van der Waals surface area contributed by atoms with Gasteiger partial charge in [0.1, 0.15) is 0 Å². The second kappa shape index (κ2) is 6.85. The Hall–Kier alpha value is -1.15. The number of nitrogens with zero attached hydrogens (tertiary/aromatic N) is 1. The summed E-state index contributed by atoms with van der Waals surface area (Å²) in [6, 6.07) is 7.28. The Balaban J connectivity index is 2.01. The molecule has 2 aromatic rings. The number of rotatable bonds is 6. The van der Waals surface area contributed by atoms with Gasteiger partial charge in [0.25, 0.3) is 0 Å². The van der Waals surface area contributed by atoms with E-state index < -0.39 is 0 Å². The fourth-order valence-electron chi connectivity index (χ4n) is 1.34. The molecule has 2 aromatic heterocycles. The summed E-state index contributed by atoms with van der Waals surface area (Å²) in [5.74, 6) is 0.695. The quantitative estimate of drug-likeness (QED) is 0.498. The lowest BCUT2D eigenvalue weighted by Crippen LogP contribution is -1.82. The Morgan fingerprint density at radius 1 is 1.21 bits per heavy atom. The van der Waals surface area contributed by atoms with Crippen molar-refractivity contribution in [2.24, 2.45) is 0 Å². The van der Waals surface area contributed by atoms with Crippen LogP contribution in [0.2, 0.25) is 0 Å². The minimum atomic E-state index is -0.378. The summed E-state index contributed by atoms with van der Waals surface area (Å²) in [5.41, 5.74) is 0. The molecule has 0 spiro atoms. The van der Waals surface area contributed by atoms with Gasteiger partial charge in [0.05, 0.1) is 15.7 Å². The largest absolute Gasteiger partial charge is 0.396 e. The van der Waals surface area contributed by atoms with Gasteiger partial charge in [0, 0.05) is 21.6 Å². The van der Waals surface area contributed by atoms with Gasteiger partial charge in [-0.05, 0) is 30.4 Å². The van der Waals surface area contributed by atoms with Gasteiger partial charge in [-0.15, -0.1) is 23.1 Å². The van der Waals surface area contributed by atoms with E-state index in [0.717, 1.165) is 25.3 Å². The van der Waals surface area contributed by atoms with E-state index in [1.807, 2.05) is 24.3 Å². The SMILES string of the molecule is O=[N+]([O-])c1ccc(/C=C/c2ccc(SCCO)s2)s1. The zero-order valence-corrected chi connectivity index (χ0v) is 12.3. The highest BCUT2D eigenvalue weighted by molar-refractivity contribution is 8.01. The molecule has 2 heterocycles. The maximum absolute atomic E-state index is 10.6. The van der Waals surface area contributed by atoms with Gasteiger partial charge in [-0.2, -0.15) is 0 Å². The molecule has 0 aliphatic heterocycles. The van der Waals surface area contributed by atoms with E-state index in [9.17, 15) is 10.1 Å². The molecule has 0 aliphatic carbocycles. The van der Waals surface area contributed by atoms with Crippen molar-refractivity contribution in [3.63, 3.8) is 0 Å². The summed E-state index contributed by atoms with van der Waals surface area (Å²) < 4.78 is 1.16. The monoisotopic (exact) mass is 313 g/mol. The van der Waals surface area contributed by atoms with Crippen LogP contribution in [0.4, 0.5) is 5.00 Å². The first-order valence-electron chi connectivity index (χ1n) is 5.45. The molecule has 0 amide bonds. The first kappa shape index (κ1) is 14.3. The molecule has 0 saturated carbocycles. The topological polar surface area (TPSA) is 63.4 Å². The summed E-state index contributed by atoms with van der Waals surface area (Å²) in [5, 5.41) is 19.5. The highest BCUT2D eigenvalue weighted by Gasteiger charge is 2.07. The molecule has 100 valence electrons. The maximum atomic E-state index is 10.6. The van der Waals surface area contributed by atoms with Crippen LogP contribution in [-0.4, -0.2) is 22.4 Å². The van der Waals surface area contributed by atoms with E-state index in [2.05, 4.69) is 0 Å². The van der Waals surface area contributed by atoms with Crippen molar-refractivity contribution in [1.29, 1.82) is 0 Å². The standard InChI is InChI=1S/C12H11NO3S3/c14-7-8-17-12-6-4-10(19-12)2-1-9-3-5-11(18-9)13(15)16/h1-6,14H,7-8H2/b2-1+. The van der Waals surface area contributed by atoms with Crippen molar-refractivity contribution in [3.05, 3.63) is 44.1 Å².